The zero-order valence-electron chi connectivity index (χ0n) is 19.7. The molecule has 3 aliphatic rings. The maximum absolute atomic E-state index is 12.7. The molecule has 1 aromatic carbocycles. The first-order valence-corrected chi connectivity index (χ1v) is 12.1. The number of aryl methyl sites for hydroxylation is 1. The number of ether oxygens (including phenoxy) is 3. The van der Waals surface area contributed by atoms with Crippen molar-refractivity contribution in [2.24, 2.45) is 5.41 Å². The van der Waals surface area contributed by atoms with Gasteiger partial charge in [-0.3, -0.25) is 4.79 Å². The molecule has 0 radical (unpaired) electrons. The third-order valence-electron chi connectivity index (χ3n) is 7.67. The Kier molecular flexibility index (Phi) is 6.54. The summed E-state index contributed by atoms with van der Waals surface area (Å²) >= 11 is 6.14. The van der Waals surface area contributed by atoms with Gasteiger partial charge >= 0.3 is 0 Å². The Bertz CT molecular complexity index is 845. The zero-order chi connectivity index (χ0) is 23.1. The molecule has 1 spiro atoms. The van der Waals surface area contributed by atoms with E-state index in [9.17, 15) is 9.90 Å². The van der Waals surface area contributed by atoms with Gasteiger partial charge in [0.2, 0.25) is 0 Å². The highest BCUT2D eigenvalue weighted by Gasteiger charge is 2.53. The Morgan fingerprint density at radius 3 is 2.66 bits per heavy atom. The predicted molar refractivity (Wildman–Crippen MR) is 123 cm³/mol. The SMILES string of the molecule is Cc1ccc(OCC(=O)N2CCC3(CC2)CO[C@@H]([C@@]2(C)CC[C@H](C(C)(C)O)O2)C3)cc1Cl. The van der Waals surface area contributed by atoms with Crippen molar-refractivity contribution in [3.8, 4) is 5.75 Å². The van der Waals surface area contributed by atoms with Crippen LogP contribution in [0.1, 0.15) is 58.4 Å². The highest BCUT2D eigenvalue weighted by atomic mass is 35.5. The van der Waals surface area contributed by atoms with E-state index in [4.69, 9.17) is 25.8 Å². The molecule has 3 fully saturated rings. The monoisotopic (exact) mass is 465 g/mol. The van der Waals surface area contributed by atoms with E-state index in [1.807, 2.05) is 37.8 Å². The van der Waals surface area contributed by atoms with Gasteiger partial charge in [0.15, 0.2) is 6.61 Å². The fourth-order valence-electron chi connectivity index (χ4n) is 5.25. The van der Waals surface area contributed by atoms with Crippen LogP contribution in [0.3, 0.4) is 0 Å². The number of benzene rings is 1. The van der Waals surface area contributed by atoms with Crippen molar-refractivity contribution in [1.29, 1.82) is 0 Å². The lowest BCUT2D eigenvalue weighted by Crippen LogP contribution is -2.46. The summed E-state index contributed by atoms with van der Waals surface area (Å²) in [6.07, 6.45) is 4.42. The summed E-state index contributed by atoms with van der Waals surface area (Å²) in [4.78, 5) is 14.6. The van der Waals surface area contributed by atoms with Crippen LogP contribution in [-0.4, -0.2) is 65.6 Å². The molecule has 6 nitrogen and oxygen atoms in total. The van der Waals surface area contributed by atoms with E-state index >= 15 is 0 Å². The standard InChI is InChI=1S/C25H36ClNO5/c1-17-5-6-18(13-19(17)26)30-15-22(28)27-11-9-25(10-12-27)14-21(31-16-25)24(4)8-7-20(32-24)23(2,3)29/h5-6,13,20-21,29H,7-12,14-16H2,1-4H3/t20-,21-,24-/m1/s1. The third kappa shape index (κ3) is 4.93. The van der Waals surface area contributed by atoms with Gasteiger partial charge in [-0.15, -0.1) is 0 Å². The first kappa shape index (κ1) is 23.8. The van der Waals surface area contributed by atoms with Crippen LogP contribution in [0, 0.1) is 12.3 Å². The van der Waals surface area contributed by atoms with Crippen molar-refractivity contribution in [3.05, 3.63) is 28.8 Å². The van der Waals surface area contributed by atoms with Crippen LogP contribution in [0.2, 0.25) is 5.02 Å². The number of amides is 1. The molecular weight excluding hydrogens is 430 g/mol. The Morgan fingerprint density at radius 2 is 2.03 bits per heavy atom. The van der Waals surface area contributed by atoms with Crippen molar-refractivity contribution < 1.29 is 24.1 Å². The molecule has 1 amide bonds. The molecule has 1 N–H and O–H groups in total. The van der Waals surface area contributed by atoms with E-state index in [1.54, 1.807) is 6.07 Å². The normalized spacial score (nSPS) is 30.1. The van der Waals surface area contributed by atoms with Gasteiger partial charge in [0, 0.05) is 18.1 Å². The van der Waals surface area contributed by atoms with E-state index in [0.717, 1.165) is 50.8 Å². The van der Waals surface area contributed by atoms with Crippen molar-refractivity contribution >= 4 is 17.5 Å². The maximum atomic E-state index is 12.7. The molecular formula is C25H36ClNO5. The molecule has 0 unspecified atom stereocenters. The quantitative estimate of drug-likeness (QED) is 0.708. The second kappa shape index (κ2) is 8.79. The van der Waals surface area contributed by atoms with Gasteiger partial charge in [-0.1, -0.05) is 17.7 Å². The van der Waals surface area contributed by atoms with Crippen LogP contribution in [0.5, 0.6) is 5.75 Å². The third-order valence-corrected chi connectivity index (χ3v) is 8.08. The Hall–Kier alpha value is -1.34. The van der Waals surface area contributed by atoms with Crippen molar-refractivity contribution in [2.75, 3.05) is 26.3 Å². The molecule has 0 saturated carbocycles. The summed E-state index contributed by atoms with van der Waals surface area (Å²) < 4.78 is 18.3. The minimum Gasteiger partial charge on any atom is -0.484 e. The second-order valence-electron chi connectivity index (χ2n) is 10.7. The number of rotatable bonds is 5. The number of likely N-dealkylation sites (tertiary alicyclic amines) is 1. The molecule has 4 rings (SSSR count). The molecule has 3 heterocycles. The molecule has 32 heavy (non-hydrogen) atoms. The summed E-state index contributed by atoms with van der Waals surface area (Å²) in [6, 6.07) is 5.48. The van der Waals surface area contributed by atoms with E-state index < -0.39 is 5.60 Å². The van der Waals surface area contributed by atoms with E-state index in [2.05, 4.69) is 6.92 Å². The van der Waals surface area contributed by atoms with E-state index in [1.165, 1.54) is 0 Å². The average molecular weight is 466 g/mol. The van der Waals surface area contributed by atoms with Gasteiger partial charge < -0.3 is 24.2 Å². The van der Waals surface area contributed by atoms with Gasteiger partial charge in [0.1, 0.15) is 5.75 Å². The van der Waals surface area contributed by atoms with Crippen LogP contribution in [-0.2, 0) is 14.3 Å². The summed E-state index contributed by atoms with van der Waals surface area (Å²) in [7, 11) is 0. The molecule has 3 aliphatic heterocycles. The highest BCUT2D eigenvalue weighted by Crippen LogP contribution is 2.49. The lowest BCUT2D eigenvalue weighted by Gasteiger charge is -2.39. The number of nitrogens with zero attached hydrogens (tertiary/aromatic N) is 1. The van der Waals surface area contributed by atoms with Crippen molar-refractivity contribution in [1.82, 2.24) is 4.90 Å². The minimum atomic E-state index is -0.842. The lowest BCUT2D eigenvalue weighted by atomic mass is 9.74. The van der Waals surface area contributed by atoms with Gasteiger partial charge in [-0.25, -0.2) is 0 Å². The molecule has 0 aliphatic carbocycles. The number of carbonyl (C=O) groups excluding carboxylic acids is 1. The topological polar surface area (TPSA) is 68.2 Å². The van der Waals surface area contributed by atoms with E-state index in [-0.39, 0.29) is 35.7 Å². The number of halogens is 1. The van der Waals surface area contributed by atoms with Crippen LogP contribution in [0.15, 0.2) is 18.2 Å². The number of piperidine rings is 1. The van der Waals surface area contributed by atoms with Crippen molar-refractivity contribution in [3.63, 3.8) is 0 Å². The fourth-order valence-corrected chi connectivity index (χ4v) is 5.42. The number of hydrogen-bond donors (Lipinski definition) is 1. The van der Waals surface area contributed by atoms with Crippen LogP contribution >= 0.6 is 11.6 Å². The molecule has 3 atom stereocenters. The Balaban J connectivity index is 1.27. The van der Waals surface area contributed by atoms with Gasteiger partial charge in [-0.05, 0) is 82.9 Å². The molecule has 1 aromatic rings. The van der Waals surface area contributed by atoms with Crippen molar-refractivity contribution in [2.45, 2.75) is 83.2 Å². The van der Waals surface area contributed by atoms with Gasteiger partial charge in [-0.2, -0.15) is 0 Å². The van der Waals surface area contributed by atoms with Crippen LogP contribution < -0.4 is 4.74 Å². The number of aliphatic hydroxyl groups is 1. The Morgan fingerprint density at radius 1 is 1.31 bits per heavy atom. The maximum Gasteiger partial charge on any atom is 0.260 e. The zero-order valence-corrected chi connectivity index (χ0v) is 20.4. The minimum absolute atomic E-state index is 0.00567. The molecule has 0 bridgehead atoms. The number of carbonyl (C=O) groups is 1. The summed E-state index contributed by atoms with van der Waals surface area (Å²) in [5.74, 6) is 0.620. The average Bonchev–Trinajstić information content (AvgIpc) is 3.35. The predicted octanol–water partition coefficient (Wildman–Crippen LogP) is 4.13. The highest BCUT2D eigenvalue weighted by molar-refractivity contribution is 6.31. The molecule has 0 aromatic heterocycles. The van der Waals surface area contributed by atoms with Gasteiger partial charge in [0.25, 0.3) is 5.91 Å². The fraction of sp³-hybridized carbons (Fsp3) is 0.720. The summed E-state index contributed by atoms with van der Waals surface area (Å²) in [5, 5.41) is 11.0. The van der Waals surface area contributed by atoms with Crippen LogP contribution in [0.4, 0.5) is 0 Å². The first-order chi connectivity index (χ1) is 15.0. The second-order valence-corrected chi connectivity index (χ2v) is 11.1. The molecule has 7 heteroatoms. The first-order valence-electron chi connectivity index (χ1n) is 11.7. The molecule has 3 saturated heterocycles. The number of hydrogen-bond acceptors (Lipinski definition) is 5. The van der Waals surface area contributed by atoms with Gasteiger partial charge in [0.05, 0.1) is 30.0 Å². The molecule has 178 valence electrons. The smallest absolute Gasteiger partial charge is 0.260 e. The largest absolute Gasteiger partial charge is 0.484 e. The van der Waals surface area contributed by atoms with Crippen LogP contribution in [0.25, 0.3) is 0 Å². The lowest BCUT2D eigenvalue weighted by molar-refractivity contribution is -0.155. The Labute approximate surface area is 196 Å². The summed E-state index contributed by atoms with van der Waals surface area (Å²) in [5.41, 5.74) is -0.113. The summed E-state index contributed by atoms with van der Waals surface area (Å²) in [6.45, 7) is 9.85. The van der Waals surface area contributed by atoms with E-state index in [0.29, 0.717) is 17.4 Å².